The van der Waals surface area contributed by atoms with E-state index in [4.69, 9.17) is 10.7 Å². The lowest BCUT2D eigenvalue weighted by Crippen LogP contribution is -2.12. The summed E-state index contributed by atoms with van der Waals surface area (Å²) in [5, 5.41) is 0. The van der Waals surface area contributed by atoms with Crippen LogP contribution in [0.15, 0.2) is 30.9 Å². The number of aryl methyl sites for hydroxylation is 1. The standard InChI is InChI=1S/C15H21N3/c1-3-5-12-7-8-14-13(11-12)17-15(6-4-2)18(14)10-9-16/h3,7-8,11H,1,4-6,9-10,16H2,2H3. The van der Waals surface area contributed by atoms with Gasteiger partial charge in [0.2, 0.25) is 0 Å². The molecule has 0 unspecified atom stereocenters. The number of benzene rings is 1. The summed E-state index contributed by atoms with van der Waals surface area (Å²) < 4.78 is 2.25. The highest BCUT2D eigenvalue weighted by Crippen LogP contribution is 2.19. The highest BCUT2D eigenvalue weighted by atomic mass is 15.1. The molecule has 0 spiro atoms. The SMILES string of the molecule is C=CCc1ccc2c(c1)nc(CCC)n2CCN. The van der Waals surface area contributed by atoms with Crippen LogP contribution in [-0.4, -0.2) is 16.1 Å². The van der Waals surface area contributed by atoms with Crippen LogP contribution in [-0.2, 0) is 19.4 Å². The van der Waals surface area contributed by atoms with Crippen molar-refractivity contribution in [2.75, 3.05) is 6.54 Å². The first kappa shape index (κ1) is 12.8. The fraction of sp³-hybridized carbons (Fsp3) is 0.400. The molecule has 0 amide bonds. The number of imidazole rings is 1. The molecule has 2 aromatic rings. The molecule has 0 aliphatic heterocycles. The number of nitrogens with zero attached hydrogens (tertiary/aromatic N) is 2. The molecular weight excluding hydrogens is 222 g/mol. The molecule has 2 rings (SSSR count). The third-order valence-electron chi connectivity index (χ3n) is 3.10. The first-order valence-corrected chi connectivity index (χ1v) is 6.59. The van der Waals surface area contributed by atoms with E-state index in [-0.39, 0.29) is 0 Å². The molecule has 1 aromatic carbocycles. The van der Waals surface area contributed by atoms with E-state index in [2.05, 4.69) is 36.3 Å². The Labute approximate surface area is 108 Å². The zero-order valence-electron chi connectivity index (χ0n) is 11.0. The van der Waals surface area contributed by atoms with Crippen LogP contribution in [0.2, 0.25) is 0 Å². The molecule has 96 valence electrons. The first-order valence-electron chi connectivity index (χ1n) is 6.59. The molecule has 1 aromatic heterocycles. The number of allylic oxidation sites excluding steroid dienone is 1. The lowest BCUT2D eigenvalue weighted by molar-refractivity contribution is 0.668. The maximum Gasteiger partial charge on any atom is 0.109 e. The van der Waals surface area contributed by atoms with E-state index in [1.54, 1.807) is 0 Å². The zero-order chi connectivity index (χ0) is 13.0. The Morgan fingerprint density at radius 3 is 2.94 bits per heavy atom. The van der Waals surface area contributed by atoms with Crippen molar-refractivity contribution in [3.05, 3.63) is 42.2 Å². The second-order valence-electron chi connectivity index (χ2n) is 4.53. The lowest BCUT2D eigenvalue weighted by Gasteiger charge is -2.06. The van der Waals surface area contributed by atoms with Crippen molar-refractivity contribution in [3.8, 4) is 0 Å². The molecule has 0 radical (unpaired) electrons. The van der Waals surface area contributed by atoms with Gasteiger partial charge in [0.15, 0.2) is 0 Å². The van der Waals surface area contributed by atoms with Crippen molar-refractivity contribution < 1.29 is 0 Å². The fourth-order valence-electron chi connectivity index (χ4n) is 2.31. The number of nitrogens with two attached hydrogens (primary N) is 1. The Balaban J connectivity index is 2.49. The number of rotatable bonds is 6. The molecule has 3 heteroatoms. The van der Waals surface area contributed by atoms with Gasteiger partial charge in [-0.1, -0.05) is 19.1 Å². The molecule has 0 aliphatic rings. The largest absolute Gasteiger partial charge is 0.329 e. The molecular formula is C15H21N3. The minimum atomic E-state index is 0.649. The maximum atomic E-state index is 5.69. The van der Waals surface area contributed by atoms with Gasteiger partial charge in [-0.2, -0.15) is 0 Å². The summed E-state index contributed by atoms with van der Waals surface area (Å²) in [6.45, 7) is 7.44. The summed E-state index contributed by atoms with van der Waals surface area (Å²) in [7, 11) is 0. The molecule has 0 bridgehead atoms. The molecule has 0 fully saturated rings. The van der Waals surface area contributed by atoms with Gasteiger partial charge in [-0.05, 0) is 30.5 Å². The molecule has 0 aliphatic carbocycles. The van der Waals surface area contributed by atoms with E-state index in [0.29, 0.717) is 6.54 Å². The Hall–Kier alpha value is -1.61. The highest BCUT2D eigenvalue weighted by Gasteiger charge is 2.09. The highest BCUT2D eigenvalue weighted by molar-refractivity contribution is 5.77. The quantitative estimate of drug-likeness (QED) is 0.793. The van der Waals surface area contributed by atoms with Gasteiger partial charge < -0.3 is 10.3 Å². The van der Waals surface area contributed by atoms with Crippen molar-refractivity contribution in [2.45, 2.75) is 32.7 Å². The lowest BCUT2D eigenvalue weighted by atomic mass is 10.1. The fourth-order valence-corrected chi connectivity index (χ4v) is 2.31. The monoisotopic (exact) mass is 243 g/mol. The van der Waals surface area contributed by atoms with Gasteiger partial charge >= 0.3 is 0 Å². The van der Waals surface area contributed by atoms with E-state index in [1.165, 1.54) is 11.1 Å². The summed E-state index contributed by atoms with van der Waals surface area (Å²) in [6, 6.07) is 6.45. The predicted octanol–water partition coefficient (Wildman–Crippen LogP) is 2.68. The van der Waals surface area contributed by atoms with Crippen molar-refractivity contribution >= 4 is 11.0 Å². The van der Waals surface area contributed by atoms with Crippen molar-refractivity contribution in [3.63, 3.8) is 0 Å². The number of hydrogen-bond acceptors (Lipinski definition) is 2. The molecule has 18 heavy (non-hydrogen) atoms. The van der Waals surface area contributed by atoms with E-state index in [1.807, 2.05) is 6.08 Å². The average Bonchev–Trinajstić information content (AvgIpc) is 2.68. The first-order chi connectivity index (χ1) is 8.80. The number of aromatic nitrogens is 2. The summed E-state index contributed by atoms with van der Waals surface area (Å²) >= 11 is 0. The van der Waals surface area contributed by atoms with Crippen LogP contribution in [0, 0.1) is 0 Å². The van der Waals surface area contributed by atoms with E-state index in [0.717, 1.165) is 37.1 Å². The van der Waals surface area contributed by atoms with Crippen LogP contribution in [0.5, 0.6) is 0 Å². The third kappa shape index (κ3) is 2.46. The Morgan fingerprint density at radius 1 is 1.44 bits per heavy atom. The smallest absolute Gasteiger partial charge is 0.109 e. The molecule has 3 nitrogen and oxygen atoms in total. The van der Waals surface area contributed by atoms with Crippen molar-refractivity contribution in [1.82, 2.24) is 9.55 Å². The van der Waals surface area contributed by atoms with Crippen molar-refractivity contribution in [1.29, 1.82) is 0 Å². The second-order valence-corrected chi connectivity index (χ2v) is 4.53. The minimum absolute atomic E-state index is 0.649. The van der Waals surface area contributed by atoms with E-state index < -0.39 is 0 Å². The third-order valence-corrected chi connectivity index (χ3v) is 3.10. The van der Waals surface area contributed by atoms with Crippen LogP contribution < -0.4 is 5.73 Å². The van der Waals surface area contributed by atoms with Gasteiger partial charge in [-0.3, -0.25) is 0 Å². The van der Waals surface area contributed by atoms with E-state index in [9.17, 15) is 0 Å². The normalized spacial score (nSPS) is 11.0. The van der Waals surface area contributed by atoms with Crippen molar-refractivity contribution in [2.24, 2.45) is 5.73 Å². The summed E-state index contributed by atoms with van der Waals surface area (Å²) in [6.07, 6.45) is 4.92. The van der Waals surface area contributed by atoms with Crippen LogP contribution in [0.3, 0.4) is 0 Å². The van der Waals surface area contributed by atoms with Crippen LogP contribution in [0.4, 0.5) is 0 Å². The molecule has 0 saturated heterocycles. The number of hydrogen-bond donors (Lipinski definition) is 1. The molecule has 0 atom stereocenters. The topological polar surface area (TPSA) is 43.8 Å². The minimum Gasteiger partial charge on any atom is -0.329 e. The molecule has 2 N–H and O–H groups in total. The van der Waals surface area contributed by atoms with Gasteiger partial charge in [0.25, 0.3) is 0 Å². The summed E-state index contributed by atoms with van der Waals surface area (Å²) in [5.74, 6) is 1.15. The van der Waals surface area contributed by atoms with Gasteiger partial charge in [0.1, 0.15) is 5.82 Å². The Morgan fingerprint density at radius 2 is 2.28 bits per heavy atom. The maximum absolute atomic E-state index is 5.69. The number of fused-ring (bicyclic) bond motifs is 1. The van der Waals surface area contributed by atoms with Gasteiger partial charge in [0.05, 0.1) is 11.0 Å². The van der Waals surface area contributed by atoms with Gasteiger partial charge in [0, 0.05) is 19.5 Å². The Kier molecular flexibility index (Phi) is 4.15. The molecule has 1 heterocycles. The average molecular weight is 243 g/mol. The summed E-state index contributed by atoms with van der Waals surface area (Å²) in [5.41, 5.74) is 9.22. The van der Waals surface area contributed by atoms with Gasteiger partial charge in [-0.15, -0.1) is 6.58 Å². The zero-order valence-corrected chi connectivity index (χ0v) is 11.0. The van der Waals surface area contributed by atoms with Gasteiger partial charge in [-0.25, -0.2) is 4.98 Å². The van der Waals surface area contributed by atoms with Crippen LogP contribution >= 0.6 is 0 Å². The summed E-state index contributed by atoms with van der Waals surface area (Å²) in [4.78, 5) is 4.74. The van der Waals surface area contributed by atoms with E-state index >= 15 is 0 Å². The Bertz CT molecular complexity index is 540. The second kappa shape index (κ2) is 5.83. The molecule has 0 saturated carbocycles. The van der Waals surface area contributed by atoms with Crippen LogP contribution in [0.25, 0.3) is 11.0 Å². The predicted molar refractivity (Wildman–Crippen MR) is 76.7 cm³/mol. The van der Waals surface area contributed by atoms with Crippen LogP contribution in [0.1, 0.15) is 24.7 Å².